The lowest BCUT2D eigenvalue weighted by atomic mass is 10.3. The minimum atomic E-state index is -0.255. The van der Waals surface area contributed by atoms with E-state index in [-0.39, 0.29) is 5.54 Å². The van der Waals surface area contributed by atoms with Crippen LogP contribution in [0.4, 0.5) is 0 Å². The van der Waals surface area contributed by atoms with Gasteiger partial charge in [0.05, 0.1) is 5.54 Å². The molecule has 0 saturated heterocycles. The van der Waals surface area contributed by atoms with Crippen molar-refractivity contribution in [3.8, 4) is 0 Å². The van der Waals surface area contributed by atoms with E-state index in [1.807, 2.05) is 17.5 Å². The number of rotatable bonds is 1. The van der Waals surface area contributed by atoms with Crippen LogP contribution in [0.15, 0.2) is 12.4 Å². The van der Waals surface area contributed by atoms with E-state index in [0.717, 1.165) is 24.2 Å². The summed E-state index contributed by atoms with van der Waals surface area (Å²) in [4.78, 5) is 4.18. The Labute approximate surface area is 81.0 Å². The largest absolute Gasteiger partial charge is 0.319 e. The molecule has 1 fully saturated rings. The van der Waals surface area contributed by atoms with Gasteiger partial charge in [-0.3, -0.25) is 4.40 Å². The minimum absolute atomic E-state index is 0.255. The first-order valence-corrected chi connectivity index (χ1v) is 4.66. The Morgan fingerprint density at radius 3 is 2.93 bits per heavy atom. The maximum Gasteiger partial charge on any atom is 0.255 e. The molecule has 1 aliphatic rings. The highest BCUT2D eigenvalue weighted by Crippen LogP contribution is 2.41. The maximum absolute atomic E-state index is 6.08. The number of nitrogens with two attached hydrogens (primary N) is 1. The first kappa shape index (κ1) is 7.87. The standard InChI is InChI=1S/C9H11N5/c1-6-4-11-8-13-12-7(14(8)5-6)9(10)2-3-9/h4-5H,2-3,10H2,1H3. The van der Waals surface area contributed by atoms with Gasteiger partial charge in [-0.05, 0) is 25.3 Å². The van der Waals surface area contributed by atoms with Gasteiger partial charge in [-0.25, -0.2) is 4.98 Å². The molecule has 2 heterocycles. The third-order valence-corrected chi connectivity index (χ3v) is 2.63. The molecule has 5 nitrogen and oxygen atoms in total. The van der Waals surface area contributed by atoms with Crippen LogP contribution in [0.25, 0.3) is 5.78 Å². The van der Waals surface area contributed by atoms with Crippen LogP contribution in [0.5, 0.6) is 0 Å². The molecule has 0 amide bonds. The second-order valence-corrected chi connectivity index (χ2v) is 3.98. The van der Waals surface area contributed by atoms with Crippen molar-refractivity contribution in [1.82, 2.24) is 19.6 Å². The summed E-state index contributed by atoms with van der Waals surface area (Å²) in [6.45, 7) is 1.99. The van der Waals surface area contributed by atoms with Gasteiger partial charge in [-0.15, -0.1) is 10.2 Å². The van der Waals surface area contributed by atoms with Crippen LogP contribution < -0.4 is 5.73 Å². The summed E-state index contributed by atoms with van der Waals surface area (Å²) in [7, 11) is 0. The summed E-state index contributed by atoms with van der Waals surface area (Å²) in [6, 6.07) is 0. The molecule has 2 N–H and O–H groups in total. The Morgan fingerprint density at radius 2 is 2.21 bits per heavy atom. The predicted octanol–water partition coefficient (Wildman–Crippen LogP) is 0.381. The molecule has 0 bridgehead atoms. The van der Waals surface area contributed by atoms with Gasteiger partial charge in [0, 0.05) is 12.4 Å². The van der Waals surface area contributed by atoms with Crippen molar-refractivity contribution in [2.45, 2.75) is 25.3 Å². The lowest BCUT2D eigenvalue weighted by Crippen LogP contribution is -2.22. The van der Waals surface area contributed by atoms with Crippen LogP contribution in [-0.4, -0.2) is 19.6 Å². The quantitative estimate of drug-likeness (QED) is 0.704. The molecule has 0 aromatic carbocycles. The van der Waals surface area contributed by atoms with Crippen LogP contribution in [0.3, 0.4) is 0 Å². The van der Waals surface area contributed by atoms with Gasteiger partial charge < -0.3 is 5.73 Å². The SMILES string of the molecule is Cc1cnc2nnc(C3(N)CC3)n2c1. The van der Waals surface area contributed by atoms with E-state index in [1.54, 1.807) is 6.20 Å². The van der Waals surface area contributed by atoms with E-state index in [2.05, 4.69) is 15.2 Å². The fourth-order valence-electron chi connectivity index (χ4n) is 1.58. The zero-order valence-corrected chi connectivity index (χ0v) is 7.94. The van der Waals surface area contributed by atoms with Crippen molar-refractivity contribution in [3.05, 3.63) is 23.8 Å². The average Bonchev–Trinajstić information content (AvgIpc) is 2.77. The van der Waals surface area contributed by atoms with Gasteiger partial charge in [0.1, 0.15) is 0 Å². The number of hydrogen-bond donors (Lipinski definition) is 1. The molecule has 72 valence electrons. The Kier molecular flexibility index (Phi) is 1.29. The number of hydrogen-bond acceptors (Lipinski definition) is 4. The van der Waals surface area contributed by atoms with Crippen molar-refractivity contribution in [2.24, 2.45) is 5.73 Å². The van der Waals surface area contributed by atoms with Gasteiger partial charge in [-0.2, -0.15) is 0 Å². The van der Waals surface area contributed by atoms with E-state index in [1.165, 1.54) is 0 Å². The number of aromatic nitrogens is 4. The molecular weight excluding hydrogens is 178 g/mol. The second kappa shape index (κ2) is 2.30. The fourth-order valence-corrected chi connectivity index (χ4v) is 1.58. The molecule has 3 rings (SSSR count). The van der Waals surface area contributed by atoms with Crippen molar-refractivity contribution >= 4 is 5.78 Å². The average molecular weight is 189 g/mol. The maximum atomic E-state index is 6.08. The molecule has 5 heteroatoms. The number of nitrogens with zero attached hydrogens (tertiary/aromatic N) is 4. The van der Waals surface area contributed by atoms with Gasteiger partial charge in [0.15, 0.2) is 5.82 Å². The van der Waals surface area contributed by atoms with Crippen LogP contribution >= 0.6 is 0 Å². The third kappa shape index (κ3) is 0.957. The lowest BCUT2D eigenvalue weighted by molar-refractivity contribution is 0.660. The highest BCUT2D eigenvalue weighted by molar-refractivity contribution is 5.32. The first-order valence-electron chi connectivity index (χ1n) is 4.66. The Bertz CT molecular complexity index is 497. The summed E-state index contributed by atoms with van der Waals surface area (Å²) in [5.74, 6) is 1.46. The molecule has 14 heavy (non-hydrogen) atoms. The fraction of sp³-hybridized carbons (Fsp3) is 0.444. The zero-order chi connectivity index (χ0) is 9.76. The van der Waals surface area contributed by atoms with Crippen LogP contribution in [0.2, 0.25) is 0 Å². The Hall–Kier alpha value is -1.49. The number of aryl methyl sites for hydroxylation is 1. The molecule has 2 aromatic rings. The highest BCUT2D eigenvalue weighted by atomic mass is 15.3. The summed E-state index contributed by atoms with van der Waals surface area (Å²) in [5, 5.41) is 8.08. The summed E-state index contributed by atoms with van der Waals surface area (Å²) in [5.41, 5.74) is 6.91. The monoisotopic (exact) mass is 189 g/mol. The first-order chi connectivity index (χ1) is 6.69. The van der Waals surface area contributed by atoms with Crippen molar-refractivity contribution < 1.29 is 0 Å². The molecule has 0 radical (unpaired) electrons. The lowest BCUT2D eigenvalue weighted by Gasteiger charge is -2.05. The van der Waals surface area contributed by atoms with Crippen LogP contribution in [0, 0.1) is 6.92 Å². The molecule has 0 aliphatic heterocycles. The van der Waals surface area contributed by atoms with E-state index < -0.39 is 0 Å². The number of fused-ring (bicyclic) bond motifs is 1. The smallest absolute Gasteiger partial charge is 0.255 e. The van der Waals surface area contributed by atoms with Crippen molar-refractivity contribution in [2.75, 3.05) is 0 Å². The summed E-state index contributed by atoms with van der Waals surface area (Å²) >= 11 is 0. The second-order valence-electron chi connectivity index (χ2n) is 3.98. The predicted molar refractivity (Wildman–Crippen MR) is 50.6 cm³/mol. The zero-order valence-electron chi connectivity index (χ0n) is 7.94. The summed E-state index contributed by atoms with van der Waals surface area (Å²) < 4.78 is 1.89. The van der Waals surface area contributed by atoms with E-state index in [9.17, 15) is 0 Å². The normalized spacial score (nSPS) is 18.7. The Balaban J connectivity index is 2.29. The minimum Gasteiger partial charge on any atom is -0.319 e. The van der Waals surface area contributed by atoms with Gasteiger partial charge in [0.25, 0.3) is 5.78 Å². The molecule has 1 saturated carbocycles. The van der Waals surface area contributed by atoms with Crippen LogP contribution in [-0.2, 0) is 5.54 Å². The van der Waals surface area contributed by atoms with E-state index >= 15 is 0 Å². The molecule has 0 unspecified atom stereocenters. The molecule has 0 atom stereocenters. The van der Waals surface area contributed by atoms with Crippen molar-refractivity contribution in [1.29, 1.82) is 0 Å². The molecule has 0 spiro atoms. The van der Waals surface area contributed by atoms with Crippen molar-refractivity contribution in [3.63, 3.8) is 0 Å². The molecular formula is C9H11N5. The van der Waals surface area contributed by atoms with Gasteiger partial charge >= 0.3 is 0 Å². The van der Waals surface area contributed by atoms with E-state index in [0.29, 0.717) is 5.78 Å². The van der Waals surface area contributed by atoms with Gasteiger partial charge in [0.2, 0.25) is 0 Å². The van der Waals surface area contributed by atoms with E-state index in [4.69, 9.17) is 5.73 Å². The van der Waals surface area contributed by atoms with Gasteiger partial charge in [-0.1, -0.05) is 0 Å². The molecule has 2 aromatic heterocycles. The topological polar surface area (TPSA) is 69.1 Å². The molecule has 1 aliphatic carbocycles. The highest BCUT2D eigenvalue weighted by Gasteiger charge is 2.44. The Morgan fingerprint density at radius 1 is 1.43 bits per heavy atom. The van der Waals surface area contributed by atoms with Crippen LogP contribution in [0.1, 0.15) is 24.2 Å². The third-order valence-electron chi connectivity index (χ3n) is 2.63. The summed E-state index contributed by atoms with van der Waals surface area (Å²) in [6.07, 6.45) is 5.73.